The molecule has 1 aliphatic carbocycles. The lowest BCUT2D eigenvalue weighted by Crippen LogP contribution is -2.07. The van der Waals surface area contributed by atoms with Crippen LogP contribution in [0.3, 0.4) is 0 Å². The van der Waals surface area contributed by atoms with Crippen LogP contribution in [0.5, 0.6) is 0 Å². The van der Waals surface area contributed by atoms with Crippen LogP contribution in [-0.2, 0) is 22.8 Å². The molecule has 0 amide bonds. The van der Waals surface area contributed by atoms with Gasteiger partial charge in [-0.1, -0.05) is 24.6 Å². The average Bonchev–Trinajstić information content (AvgIpc) is 3.34. The molecule has 0 saturated heterocycles. The molecule has 144 valence electrons. The molecule has 1 aliphatic rings. The van der Waals surface area contributed by atoms with Gasteiger partial charge in [0.1, 0.15) is 21.2 Å². The largest absolute Gasteiger partial charge is 0.382 e. The molecule has 0 radical (unpaired) electrons. The maximum atomic E-state index is 11.3. The molecule has 0 unspecified atom stereocenters. The molecule has 0 aliphatic heterocycles. The van der Waals surface area contributed by atoms with E-state index in [1.54, 1.807) is 0 Å². The summed E-state index contributed by atoms with van der Waals surface area (Å²) in [6.45, 7) is 0.829. The number of unbranched alkanes of at least 4 members (excludes halogenated alkanes) is 2. The molecule has 1 aromatic carbocycles. The Balaban J connectivity index is 1.67. The Kier molecular flexibility index (Phi) is 4.80. The van der Waals surface area contributed by atoms with Crippen molar-refractivity contribution in [1.29, 1.82) is 0 Å². The zero-order valence-corrected chi connectivity index (χ0v) is 16.5. The Bertz CT molecular complexity index is 1080. The summed E-state index contributed by atoms with van der Waals surface area (Å²) in [5.74, 6) is 2.55. The molecule has 7 heteroatoms. The summed E-state index contributed by atoms with van der Waals surface area (Å²) < 4.78 is 25.0. The summed E-state index contributed by atoms with van der Waals surface area (Å²) in [4.78, 5) is 9.39. The number of pyridine rings is 1. The third kappa shape index (κ3) is 4.08. The maximum Gasteiger partial charge on any atom is 0.152 e. The highest BCUT2D eigenvalue weighted by Crippen LogP contribution is 2.35. The van der Waals surface area contributed by atoms with Gasteiger partial charge in [-0.15, -0.1) is 0 Å². The van der Waals surface area contributed by atoms with Crippen LogP contribution in [0.15, 0.2) is 24.3 Å². The van der Waals surface area contributed by atoms with E-state index in [1.807, 2.05) is 18.2 Å². The van der Waals surface area contributed by atoms with Crippen LogP contribution in [0, 0.1) is 5.92 Å². The number of imidazole rings is 1. The van der Waals surface area contributed by atoms with Gasteiger partial charge in [-0.3, -0.25) is 0 Å². The number of benzene rings is 1. The smallest absolute Gasteiger partial charge is 0.152 e. The molecule has 1 fully saturated rings. The Morgan fingerprint density at radius 3 is 2.67 bits per heavy atom. The molecular formula is C20H26N4O2S. The third-order valence-electron chi connectivity index (χ3n) is 5.25. The van der Waals surface area contributed by atoms with Crippen LogP contribution in [-0.4, -0.2) is 35.0 Å². The molecule has 3 aromatic rings. The molecule has 2 heterocycles. The zero-order valence-electron chi connectivity index (χ0n) is 15.7. The summed E-state index contributed by atoms with van der Waals surface area (Å²) in [5.41, 5.74) is 8.97. The van der Waals surface area contributed by atoms with E-state index in [4.69, 9.17) is 10.7 Å². The molecule has 2 N–H and O–H groups in total. The SMILES string of the molecule is CS(=O)(=O)CCCCCn1c(CC2CC2)nc2c(N)nc3ccccc3c21. The number of sulfone groups is 1. The quantitative estimate of drug-likeness (QED) is 0.600. The van der Waals surface area contributed by atoms with Crippen LogP contribution in [0.1, 0.15) is 37.9 Å². The van der Waals surface area contributed by atoms with Crippen molar-refractivity contribution in [3.05, 3.63) is 30.1 Å². The molecular weight excluding hydrogens is 360 g/mol. The van der Waals surface area contributed by atoms with E-state index < -0.39 is 9.84 Å². The van der Waals surface area contributed by atoms with E-state index in [0.717, 1.165) is 59.5 Å². The first kappa shape index (κ1) is 18.2. The third-order valence-corrected chi connectivity index (χ3v) is 6.28. The molecule has 0 bridgehead atoms. The van der Waals surface area contributed by atoms with Gasteiger partial charge in [-0.2, -0.15) is 0 Å². The highest BCUT2D eigenvalue weighted by Gasteiger charge is 2.26. The van der Waals surface area contributed by atoms with Crippen molar-refractivity contribution in [2.75, 3.05) is 17.7 Å². The second kappa shape index (κ2) is 7.11. The molecule has 0 spiro atoms. The van der Waals surface area contributed by atoms with E-state index >= 15 is 0 Å². The van der Waals surface area contributed by atoms with Gasteiger partial charge in [0.15, 0.2) is 5.82 Å². The Morgan fingerprint density at radius 2 is 1.93 bits per heavy atom. The van der Waals surface area contributed by atoms with Gasteiger partial charge in [0, 0.05) is 30.4 Å². The number of nitrogen functional groups attached to an aromatic ring is 1. The highest BCUT2D eigenvalue weighted by atomic mass is 32.2. The Labute approximate surface area is 159 Å². The minimum absolute atomic E-state index is 0.256. The fourth-order valence-corrected chi connectivity index (χ4v) is 4.42. The number of nitrogens with zero attached hydrogens (tertiary/aromatic N) is 3. The molecule has 27 heavy (non-hydrogen) atoms. The topological polar surface area (TPSA) is 90.9 Å². The highest BCUT2D eigenvalue weighted by molar-refractivity contribution is 7.90. The minimum atomic E-state index is -2.89. The number of fused-ring (bicyclic) bond motifs is 3. The van der Waals surface area contributed by atoms with E-state index in [0.29, 0.717) is 12.2 Å². The van der Waals surface area contributed by atoms with Crippen LogP contribution in [0.2, 0.25) is 0 Å². The van der Waals surface area contributed by atoms with Gasteiger partial charge >= 0.3 is 0 Å². The van der Waals surface area contributed by atoms with E-state index in [-0.39, 0.29) is 5.75 Å². The number of anilines is 1. The van der Waals surface area contributed by atoms with E-state index in [9.17, 15) is 8.42 Å². The van der Waals surface area contributed by atoms with Crippen molar-refractivity contribution >= 4 is 37.6 Å². The first-order valence-electron chi connectivity index (χ1n) is 9.63. The lowest BCUT2D eigenvalue weighted by atomic mass is 10.1. The number of aromatic nitrogens is 3. The summed E-state index contributed by atoms with van der Waals surface area (Å²) in [6, 6.07) is 8.04. The van der Waals surface area contributed by atoms with Crippen LogP contribution < -0.4 is 5.73 Å². The van der Waals surface area contributed by atoms with E-state index in [1.165, 1.54) is 19.1 Å². The van der Waals surface area contributed by atoms with Crippen molar-refractivity contribution in [1.82, 2.24) is 14.5 Å². The predicted molar refractivity (Wildman–Crippen MR) is 109 cm³/mol. The number of hydrogen-bond donors (Lipinski definition) is 1. The first-order chi connectivity index (χ1) is 12.9. The number of aryl methyl sites for hydroxylation is 1. The lowest BCUT2D eigenvalue weighted by molar-refractivity contribution is 0.572. The minimum Gasteiger partial charge on any atom is -0.382 e. The molecule has 6 nitrogen and oxygen atoms in total. The summed E-state index contributed by atoms with van der Waals surface area (Å²) in [5, 5.41) is 1.08. The summed E-state index contributed by atoms with van der Waals surface area (Å²) in [6.07, 6.45) is 7.33. The van der Waals surface area contributed by atoms with Crippen LogP contribution >= 0.6 is 0 Å². The number of hydrogen-bond acceptors (Lipinski definition) is 5. The molecule has 2 aromatic heterocycles. The van der Waals surface area contributed by atoms with Gasteiger partial charge in [-0.25, -0.2) is 18.4 Å². The van der Waals surface area contributed by atoms with Crippen molar-refractivity contribution < 1.29 is 8.42 Å². The zero-order chi connectivity index (χ0) is 19.0. The summed E-state index contributed by atoms with van der Waals surface area (Å²) >= 11 is 0. The number of para-hydroxylation sites is 1. The van der Waals surface area contributed by atoms with Crippen molar-refractivity contribution in [3.63, 3.8) is 0 Å². The average molecular weight is 387 g/mol. The second-order valence-corrected chi connectivity index (χ2v) is 9.99. The monoisotopic (exact) mass is 386 g/mol. The fourth-order valence-electron chi connectivity index (χ4n) is 3.69. The second-order valence-electron chi connectivity index (χ2n) is 7.73. The molecule has 0 atom stereocenters. The van der Waals surface area contributed by atoms with Gasteiger partial charge in [0.2, 0.25) is 0 Å². The summed E-state index contributed by atoms with van der Waals surface area (Å²) in [7, 11) is -2.89. The van der Waals surface area contributed by atoms with Gasteiger partial charge in [-0.05, 0) is 37.7 Å². The normalized spacial score (nSPS) is 15.0. The fraction of sp³-hybridized carbons (Fsp3) is 0.500. The first-order valence-corrected chi connectivity index (χ1v) is 11.7. The Hall–Kier alpha value is -2.15. The number of nitrogens with two attached hydrogens (primary N) is 1. The standard InChI is InChI=1S/C20H26N4O2S/c1-27(25,26)12-6-2-5-11-24-17(13-14-9-10-14)23-18-19(24)15-7-3-4-8-16(15)22-20(18)21/h3-4,7-8,14H,2,5-6,9-13H2,1H3,(H2,21,22). The Morgan fingerprint density at radius 1 is 1.15 bits per heavy atom. The van der Waals surface area contributed by atoms with Gasteiger partial charge in [0.25, 0.3) is 0 Å². The lowest BCUT2D eigenvalue weighted by Gasteiger charge is -2.11. The van der Waals surface area contributed by atoms with Crippen LogP contribution in [0.25, 0.3) is 21.9 Å². The van der Waals surface area contributed by atoms with Crippen molar-refractivity contribution in [2.24, 2.45) is 5.92 Å². The maximum absolute atomic E-state index is 11.3. The van der Waals surface area contributed by atoms with Crippen molar-refractivity contribution in [3.8, 4) is 0 Å². The molecule has 1 saturated carbocycles. The van der Waals surface area contributed by atoms with Crippen molar-refractivity contribution in [2.45, 2.75) is 45.1 Å². The number of rotatable bonds is 8. The predicted octanol–water partition coefficient (Wildman–Crippen LogP) is 3.33. The van der Waals surface area contributed by atoms with Gasteiger partial charge in [0.05, 0.1) is 11.0 Å². The van der Waals surface area contributed by atoms with E-state index in [2.05, 4.69) is 15.6 Å². The van der Waals surface area contributed by atoms with Crippen LogP contribution in [0.4, 0.5) is 5.82 Å². The molecule has 4 rings (SSSR count). The van der Waals surface area contributed by atoms with Gasteiger partial charge < -0.3 is 10.3 Å².